The number of pyridine rings is 2. The van der Waals surface area contributed by atoms with Crippen molar-refractivity contribution in [2.45, 2.75) is 0 Å². The Bertz CT molecular complexity index is 1440. The largest absolute Gasteiger partial charge is 0.282 e. The molecule has 0 radical (unpaired) electrons. The van der Waals surface area contributed by atoms with E-state index in [1.54, 1.807) is 0 Å². The molecule has 0 unspecified atom stereocenters. The fourth-order valence-corrected chi connectivity index (χ4v) is 4.12. The Morgan fingerprint density at radius 1 is 0.640 bits per heavy atom. The molecule has 0 saturated carbocycles. The van der Waals surface area contributed by atoms with Crippen LogP contribution in [0, 0.1) is 0 Å². The number of fused-ring (bicyclic) bond motifs is 11. The number of benzene rings is 3. The molecule has 3 nitrogen and oxygen atoms in total. The number of hydrogen-bond acceptors (Lipinski definition) is 2. The highest BCUT2D eigenvalue weighted by molar-refractivity contribution is 6.34. The predicted octanol–water partition coefficient (Wildman–Crippen LogP) is 5.34. The van der Waals surface area contributed by atoms with Crippen molar-refractivity contribution in [1.29, 1.82) is 0 Å². The van der Waals surface area contributed by atoms with Crippen molar-refractivity contribution in [3.8, 4) is 0 Å². The second kappa shape index (κ2) is 4.54. The van der Waals surface area contributed by atoms with Crippen LogP contribution in [0.15, 0.2) is 79.4 Å². The number of rotatable bonds is 0. The zero-order chi connectivity index (χ0) is 16.4. The number of hydrogen-bond donors (Lipinski definition) is 0. The first-order valence-electron chi connectivity index (χ1n) is 8.35. The Labute approximate surface area is 143 Å². The van der Waals surface area contributed by atoms with Crippen LogP contribution in [0.4, 0.5) is 0 Å². The molecule has 0 N–H and O–H groups in total. The van der Waals surface area contributed by atoms with Gasteiger partial charge in [-0.3, -0.25) is 4.40 Å². The normalized spacial score (nSPS) is 12.0. The number of imidazole rings is 1. The fraction of sp³-hybridized carbons (Fsp3) is 0. The molecule has 6 rings (SSSR count). The maximum atomic E-state index is 4.64. The summed E-state index contributed by atoms with van der Waals surface area (Å²) in [4.78, 5) is 9.05. The zero-order valence-corrected chi connectivity index (χ0v) is 13.3. The summed E-state index contributed by atoms with van der Waals surface area (Å²) in [6.45, 7) is 0. The van der Waals surface area contributed by atoms with Crippen LogP contribution in [0.3, 0.4) is 0 Å². The average molecular weight is 319 g/mol. The highest BCUT2D eigenvalue weighted by Crippen LogP contribution is 2.40. The minimum atomic E-state index is 0.947. The molecule has 3 aromatic heterocycles. The smallest absolute Gasteiger partial charge is 0.146 e. The Balaban J connectivity index is 2.15. The summed E-state index contributed by atoms with van der Waals surface area (Å²) in [5.74, 6) is 0. The van der Waals surface area contributed by atoms with Crippen LogP contribution in [0.25, 0.3) is 48.9 Å². The van der Waals surface area contributed by atoms with Crippen molar-refractivity contribution in [2.24, 2.45) is 0 Å². The van der Waals surface area contributed by atoms with Gasteiger partial charge in [0.15, 0.2) is 0 Å². The number of nitrogens with zero attached hydrogens (tertiary/aromatic N) is 3. The van der Waals surface area contributed by atoms with Gasteiger partial charge >= 0.3 is 0 Å². The number of aromatic nitrogens is 3. The van der Waals surface area contributed by atoms with E-state index in [1.807, 2.05) is 24.8 Å². The van der Waals surface area contributed by atoms with E-state index < -0.39 is 0 Å². The lowest BCUT2D eigenvalue weighted by molar-refractivity contribution is 1.17. The molecule has 0 atom stereocenters. The molecule has 0 amide bonds. The van der Waals surface area contributed by atoms with Gasteiger partial charge in [-0.05, 0) is 33.7 Å². The minimum Gasteiger partial charge on any atom is -0.282 e. The minimum absolute atomic E-state index is 0.947. The van der Waals surface area contributed by atoms with Crippen molar-refractivity contribution in [3.63, 3.8) is 0 Å². The van der Waals surface area contributed by atoms with E-state index in [0.717, 1.165) is 16.6 Å². The second-order valence-corrected chi connectivity index (χ2v) is 6.36. The summed E-state index contributed by atoms with van der Waals surface area (Å²) < 4.78 is 2.10. The van der Waals surface area contributed by atoms with Gasteiger partial charge < -0.3 is 0 Å². The molecule has 3 heteroatoms. The molecule has 0 aliphatic carbocycles. The van der Waals surface area contributed by atoms with E-state index in [1.165, 1.54) is 32.3 Å². The first-order valence-corrected chi connectivity index (χ1v) is 8.35. The second-order valence-electron chi connectivity index (χ2n) is 6.36. The molecule has 3 aromatic carbocycles. The van der Waals surface area contributed by atoms with Gasteiger partial charge in [0, 0.05) is 22.4 Å². The van der Waals surface area contributed by atoms with Gasteiger partial charge in [-0.15, -0.1) is 0 Å². The quantitative estimate of drug-likeness (QED) is 0.354. The summed E-state index contributed by atoms with van der Waals surface area (Å²) in [7, 11) is 0. The van der Waals surface area contributed by atoms with Gasteiger partial charge in [0.2, 0.25) is 0 Å². The third-order valence-corrected chi connectivity index (χ3v) is 5.11. The van der Waals surface area contributed by atoms with E-state index in [9.17, 15) is 0 Å². The molecule has 0 aliphatic heterocycles. The lowest BCUT2D eigenvalue weighted by Crippen LogP contribution is -1.94. The van der Waals surface area contributed by atoms with Crippen molar-refractivity contribution < 1.29 is 0 Å². The van der Waals surface area contributed by atoms with Crippen LogP contribution in [0.2, 0.25) is 0 Å². The van der Waals surface area contributed by atoms with Gasteiger partial charge in [-0.2, -0.15) is 0 Å². The van der Waals surface area contributed by atoms with E-state index in [4.69, 9.17) is 0 Å². The zero-order valence-electron chi connectivity index (χ0n) is 13.3. The highest BCUT2D eigenvalue weighted by atomic mass is 15.0. The van der Waals surface area contributed by atoms with Gasteiger partial charge in [-0.25, -0.2) is 9.97 Å². The van der Waals surface area contributed by atoms with E-state index in [-0.39, 0.29) is 0 Å². The van der Waals surface area contributed by atoms with Crippen LogP contribution >= 0.6 is 0 Å². The van der Waals surface area contributed by atoms with Gasteiger partial charge in [0.1, 0.15) is 12.0 Å². The SMILES string of the molecule is c1ccc2c(c1)c1ccccc1c1c2c2cccnc2n2cncc12. The molecule has 0 fully saturated rings. The summed E-state index contributed by atoms with van der Waals surface area (Å²) in [6.07, 6.45) is 5.64. The standard InChI is InChI=1S/C22H13N3/c1-3-8-16-14(6-1)15-7-2-4-9-17(15)21-19-12-23-13-25(19)22-18(20(16)21)10-5-11-24-22/h1-13H. The van der Waals surface area contributed by atoms with Gasteiger partial charge in [0.05, 0.1) is 11.7 Å². The molecule has 3 heterocycles. The van der Waals surface area contributed by atoms with Crippen LogP contribution in [0.5, 0.6) is 0 Å². The summed E-state index contributed by atoms with van der Waals surface area (Å²) in [6, 6.07) is 21.4. The van der Waals surface area contributed by atoms with Crippen LogP contribution < -0.4 is 0 Å². The van der Waals surface area contributed by atoms with Crippen molar-refractivity contribution in [2.75, 3.05) is 0 Å². The lowest BCUT2D eigenvalue weighted by Gasteiger charge is -2.14. The maximum absolute atomic E-state index is 4.64. The topological polar surface area (TPSA) is 30.2 Å². The van der Waals surface area contributed by atoms with Crippen molar-refractivity contribution in [3.05, 3.63) is 79.4 Å². The Morgan fingerprint density at radius 3 is 2.04 bits per heavy atom. The lowest BCUT2D eigenvalue weighted by atomic mass is 9.93. The van der Waals surface area contributed by atoms with Crippen LogP contribution in [-0.2, 0) is 0 Å². The summed E-state index contributed by atoms with van der Waals surface area (Å²) >= 11 is 0. The molecular formula is C22H13N3. The van der Waals surface area contributed by atoms with Crippen molar-refractivity contribution in [1.82, 2.24) is 14.4 Å². The monoisotopic (exact) mass is 319 g/mol. The Kier molecular flexibility index (Phi) is 2.35. The predicted molar refractivity (Wildman–Crippen MR) is 103 cm³/mol. The van der Waals surface area contributed by atoms with E-state index in [2.05, 4.69) is 69.0 Å². The molecular weight excluding hydrogens is 306 g/mol. The Morgan fingerprint density at radius 2 is 1.28 bits per heavy atom. The van der Waals surface area contributed by atoms with Gasteiger partial charge in [0.25, 0.3) is 0 Å². The van der Waals surface area contributed by atoms with Crippen LogP contribution in [0.1, 0.15) is 0 Å². The first kappa shape index (κ1) is 12.9. The third kappa shape index (κ3) is 1.55. The molecule has 6 aromatic rings. The van der Waals surface area contributed by atoms with E-state index >= 15 is 0 Å². The molecule has 0 bridgehead atoms. The maximum Gasteiger partial charge on any atom is 0.146 e. The van der Waals surface area contributed by atoms with E-state index in [0.29, 0.717) is 0 Å². The first-order chi connectivity index (χ1) is 12.4. The molecule has 0 aliphatic rings. The average Bonchev–Trinajstić information content (AvgIpc) is 3.17. The Hall–Kier alpha value is -3.46. The fourth-order valence-electron chi connectivity index (χ4n) is 4.12. The van der Waals surface area contributed by atoms with Gasteiger partial charge in [-0.1, -0.05) is 48.5 Å². The summed E-state index contributed by atoms with van der Waals surface area (Å²) in [5.41, 5.74) is 2.05. The van der Waals surface area contributed by atoms with Crippen molar-refractivity contribution >= 4 is 48.9 Å². The molecule has 0 saturated heterocycles. The van der Waals surface area contributed by atoms with Crippen LogP contribution in [-0.4, -0.2) is 14.4 Å². The molecule has 0 spiro atoms. The molecule has 25 heavy (non-hydrogen) atoms. The molecule has 116 valence electrons. The third-order valence-electron chi connectivity index (χ3n) is 5.11. The highest BCUT2D eigenvalue weighted by Gasteiger charge is 2.15. The summed E-state index contributed by atoms with van der Waals surface area (Å²) in [5, 5.41) is 8.73.